The van der Waals surface area contributed by atoms with Crippen LogP contribution in [0.1, 0.15) is 24.8 Å². The van der Waals surface area contributed by atoms with Crippen LogP contribution in [0, 0.1) is 24.2 Å². The van der Waals surface area contributed by atoms with E-state index in [-0.39, 0.29) is 16.8 Å². The van der Waals surface area contributed by atoms with Crippen LogP contribution in [0.5, 0.6) is 11.5 Å². The van der Waals surface area contributed by atoms with Gasteiger partial charge in [-0.05, 0) is 74.8 Å². The van der Waals surface area contributed by atoms with E-state index >= 15 is 0 Å². The van der Waals surface area contributed by atoms with Crippen LogP contribution < -0.4 is 25.2 Å². The van der Waals surface area contributed by atoms with Crippen molar-refractivity contribution in [3.8, 4) is 17.6 Å². The number of carbonyl (C=O) groups excluding carboxylic acids is 3. The molecule has 0 atom stereocenters. The lowest BCUT2D eigenvalue weighted by Gasteiger charge is -2.31. The Labute approximate surface area is 240 Å². The first kappa shape index (κ1) is 26.4. The molecule has 0 unspecified atom stereocenters. The van der Waals surface area contributed by atoms with Crippen molar-refractivity contribution in [2.24, 2.45) is 5.92 Å². The summed E-state index contributed by atoms with van der Waals surface area (Å²) in [4.78, 5) is 48.2. The predicted octanol–water partition coefficient (Wildman–Crippen LogP) is 5.85. The summed E-state index contributed by atoms with van der Waals surface area (Å²) in [6, 6.07) is 18.1. The van der Waals surface area contributed by atoms with E-state index in [1.54, 1.807) is 23.2 Å². The Bertz CT molecular complexity index is 1710. The number of hydrogen-bond donors (Lipinski definition) is 2. The fourth-order valence-electron chi connectivity index (χ4n) is 5.27. The minimum Gasteiger partial charge on any atom is -0.457 e. The maximum Gasteiger partial charge on any atom is 0.331 e. The first-order valence-electron chi connectivity index (χ1n) is 13.3. The number of benzene rings is 2. The average Bonchev–Trinajstić information content (AvgIpc) is 3.34. The fourth-order valence-corrected chi connectivity index (χ4v) is 6.41. The highest BCUT2D eigenvalue weighted by atomic mass is 32.1. The molecule has 0 radical (unpaired) electrons. The lowest BCUT2D eigenvalue weighted by molar-refractivity contribution is -0.128. The van der Waals surface area contributed by atoms with Crippen LogP contribution in [0.2, 0.25) is 0 Å². The van der Waals surface area contributed by atoms with Gasteiger partial charge in [0.15, 0.2) is 0 Å². The highest BCUT2D eigenvalue weighted by Crippen LogP contribution is 2.50. The van der Waals surface area contributed by atoms with Gasteiger partial charge in [0.25, 0.3) is 0 Å². The number of nitrogens with zero attached hydrogens (tertiary/aromatic N) is 4. The number of aryl methyl sites for hydroxylation is 1. The van der Waals surface area contributed by atoms with Gasteiger partial charge in [0.2, 0.25) is 11.8 Å². The van der Waals surface area contributed by atoms with E-state index in [0.717, 1.165) is 21.8 Å². The molecule has 2 N–H and O–H groups in total. The molecule has 6 rings (SSSR count). The van der Waals surface area contributed by atoms with Gasteiger partial charge >= 0.3 is 6.03 Å². The van der Waals surface area contributed by atoms with Gasteiger partial charge in [0.1, 0.15) is 27.8 Å². The summed E-state index contributed by atoms with van der Waals surface area (Å²) in [6.07, 6.45) is 2.32. The molecule has 2 aliphatic rings. The van der Waals surface area contributed by atoms with Crippen LogP contribution in [0.4, 0.5) is 26.9 Å². The Morgan fingerprint density at radius 3 is 2.63 bits per heavy atom. The Balaban J connectivity index is 1.41. The number of imide groups is 1. The maximum absolute atomic E-state index is 13.7. The van der Waals surface area contributed by atoms with Crippen molar-refractivity contribution in [1.82, 2.24) is 10.3 Å². The molecular formula is C30H26N6O4S. The Kier molecular flexibility index (Phi) is 7.09. The standard InChI is InChI=1S/C30H26N6O4S/c1-18-17-21(40-20-5-3-2-4-6-20)7-8-22(18)35-23-12-16-33-27-25(23)26(34-30(35)39)29(41-27)36(24(37)9-13-31)28(38)19-10-14-32-15-11-19/h2-8,12,16-17,19,32H,9-11,14-15H2,1H3,(H,34,39). The summed E-state index contributed by atoms with van der Waals surface area (Å²) in [5.41, 5.74) is 2.39. The third kappa shape index (κ3) is 4.88. The van der Waals surface area contributed by atoms with Gasteiger partial charge in [-0.15, -0.1) is 0 Å². The maximum atomic E-state index is 13.7. The van der Waals surface area contributed by atoms with Crippen LogP contribution >= 0.6 is 11.3 Å². The molecule has 2 aliphatic heterocycles. The second kappa shape index (κ2) is 11.0. The number of amides is 4. The minimum atomic E-state index is -0.623. The lowest BCUT2D eigenvalue weighted by atomic mass is 9.96. The number of para-hydroxylation sites is 1. The minimum absolute atomic E-state index is 0.278. The van der Waals surface area contributed by atoms with Crippen molar-refractivity contribution in [3.63, 3.8) is 0 Å². The number of nitriles is 1. The van der Waals surface area contributed by atoms with E-state index in [1.165, 1.54) is 0 Å². The normalized spacial score (nSPS) is 14.8. The molecule has 0 aliphatic carbocycles. The third-order valence-electron chi connectivity index (χ3n) is 7.21. The number of rotatable bonds is 6. The van der Waals surface area contributed by atoms with Crippen molar-refractivity contribution in [1.29, 1.82) is 5.26 Å². The van der Waals surface area contributed by atoms with E-state index in [4.69, 9.17) is 4.74 Å². The topological polar surface area (TPSA) is 128 Å². The van der Waals surface area contributed by atoms with E-state index in [0.29, 0.717) is 64.7 Å². The van der Waals surface area contributed by atoms with E-state index in [1.807, 2.05) is 55.5 Å². The van der Waals surface area contributed by atoms with Crippen LogP contribution in [-0.4, -0.2) is 35.9 Å². The monoisotopic (exact) mass is 566 g/mol. The molecule has 1 saturated heterocycles. The fraction of sp³-hybridized carbons (Fsp3) is 0.233. The number of nitrogens with one attached hydrogen (secondary N) is 2. The van der Waals surface area contributed by atoms with Gasteiger partial charge in [0.05, 0.1) is 28.5 Å². The highest BCUT2D eigenvalue weighted by Gasteiger charge is 2.38. The second-order valence-electron chi connectivity index (χ2n) is 9.85. The number of carbonyl (C=O) groups is 3. The molecule has 0 spiro atoms. The number of ether oxygens (including phenoxy) is 1. The number of piperidine rings is 1. The summed E-state index contributed by atoms with van der Waals surface area (Å²) in [5, 5.41) is 16.3. The first-order chi connectivity index (χ1) is 20.0. The zero-order valence-corrected chi connectivity index (χ0v) is 23.0. The molecule has 4 amide bonds. The van der Waals surface area contributed by atoms with Crippen LogP contribution in [-0.2, 0) is 9.59 Å². The SMILES string of the molecule is Cc1cc(Oc2ccccc2)ccc1N1C(=O)Nc2c(N(C(=O)CC#N)C(=O)C3CCNCC3)sc3nccc1c23. The molecule has 0 bridgehead atoms. The largest absolute Gasteiger partial charge is 0.457 e. The van der Waals surface area contributed by atoms with E-state index < -0.39 is 18.4 Å². The number of hydrogen-bond acceptors (Lipinski definition) is 8. The Morgan fingerprint density at radius 1 is 1.12 bits per heavy atom. The van der Waals surface area contributed by atoms with E-state index in [9.17, 15) is 19.6 Å². The molecule has 1 fully saturated rings. The summed E-state index contributed by atoms with van der Waals surface area (Å²) in [7, 11) is 0. The number of thiophene rings is 1. The van der Waals surface area contributed by atoms with Gasteiger partial charge in [-0.3, -0.25) is 14.5 Å². The van der Waals surface area contributed by atoms with Crippen molar-refractivity contribution >= 4 is 61.5 Å². The zero-order valence-electron chi connectivity index (χ0n) is 22.2. The molecule has 11 heteroatoms. The lowest BCUT2D eigenvalue weighted by Crippen LogP contribution is -2.44. The molecular weight excluding hydrogens is 540 g/mol. The summed E-state index contributed by atoms with van der Waals surface area (Å²) < 4.78 is 5.96. The zero-order chi connectivity index (χ0) is 28.5. The summed E-state index contributed by atoms with van der Waals surface area (Å²) >= 11 is 1.15. The number of pyridine rings is 1. The predicted molar refractivity (Wildman–Crippen MR) is 157 cm³/mol. The van der Waals surface area contributed by atoms with Crippen LogP contribution in [0.3, 0.4) is 0 Å². The number of urea groups is 1. The smallest absolute Gasteiger partial charge is 0.331 e. The molecule has 2 aromatic carbocycles. The van der Waals surface area contributed by atoms with Gasteiger partial charge in [-0.25, -0.2) is 14.7 Å². The van der Waals surface area contributed by atoms with Gasteiger partial charge < -0.3 is 15.4 Å². The first-order valence-corrected chi connectivity index (χ1v) is 14.1. The van der Waals surface area contributed by atoms with Crippen molar-refractivity contribution < 1.29 is 19.1 Å². The van der Waals surface area contributed by atoms with Gasteiger partial charge in [0, 0.05) is 12.1 Å². The highest BCUT2D eigenvalue weighted by molar-refractivity contribution is 7.23. The molecule has 2 aromatic heterocycles. The summed E-state index contributed by atoms with van der Waals surface area (Å²) in [5.74, 6) is -0.00847. The number of anilines is 4. The molecule has 4 heterocycles. The summed E-state index contributed by atoms with van der Waals surface area (Å²) in [6.45, 7) is 3.23. The molecule has 206 valence electrons. The van der Waals surface area contributed by atoms with Crippen molar-refractivity contribution in [2.45, 2.75) is 26.2 Å². The molecule has 0 saturated carbocycles. The van der Waals surface area contributed by atoms with Gasteiger partial charge in [-0.2, -0.15) is 5.26 Å². The quantitative estimate of drug-likeness (QED) is 0.299. The molecule has 41 heavy (non-hydrogen) atoms. The Hall–Kier alpha value is -4.79. The van der Waals surface area contributed by atoms with Crippen LogP contribution in [0.15, 0.2) is 60.8 Å². The number of aromatic nitrogens is 1. The molecule has 4 aromatic rings. The average molecular weight is 567 g/mol. The second-order valence-corrected chi connectivity index (χ2v) is 10.8. The molecule has 10 nitrogen and oxygen atoms in total. The third-order valence-corrected chi connectivity index (χ3v) is 8.29. The Morgan fingerprint density at radius 2 is 1.90 bits per heavy atom. The van der Waals surface area contributed by atoms with Gasteiger partial charge in [-0.1, -0.05) is 29.5 Å². The van der Waals surface area contributed by atoms with Crippen molar-refractivity contribution in [2.75, 3.05) is 28.2 Å². The van der Waals surface area contributed by atoms with E-state index in [2.05, 4.69) is 15.6 Å². The van der Waals surface area contributed by atoms with Crippen molar-refractivity contribution in [3.05, 3.63) is 66.4 Å². The van der Waals surface area contributed by atoms with Crippen LogP contribution in [0.25, 0.3) is 10.2 Å².